The number of hydrazine groups is 1. The van der Waals surface area contributed by atoms with Crippen LogP contribution in [0.15, 0.2) is 16.8 Å². The second-order valence-electron chi connectivity index (χ2n) is 4.99. The third kappa shape index (κ3) is 3.52. The molecule has 0 bridgehead atoms. The van der Waals surface area contributed by atoms with Crippen molar-refractivity contribution >= 4 is 11.3 Å². The van der Waals surface area contributed by atoms with E-state index >= 15 is 0 Å². The van der Waals surface area contributed by atoms with Gasteiger partial charge in [0.1, 0.15) is 0 Å². The summed E-state index contributed by atoms with van der Waals surface area (Å²) in [6.45, 7) is 4.49. The van der Waals surface area contributed by atoms with Gasteiger partial charge in [-0.3, -0.25) is 11.3 Å². The number of rotatable bonds is 7. The summed E-state index contributed by atoms with van der Waals surface area (Å²) in [6, 6.07) is 2.50. The number of thiophene rings is 1. The maximum Gasteiger partial charge on any atom is 0.0394 e. The summed E-state index contributed by atoms with van der Waals surface area (Å²) < 4.78 is 0. The predicted octanol–water partition coefficient (Wildman–Crippen LogP) is 2.24. The molecule has 0 aromatic carbocycles. The molecule has 0 aliphatic carbocycles. The van der Waals surface area contributed by atoms with Crippen LogP contribution in [0.1, 0.15) is 32.3 Å². The number of likely N-dealkylation sites (N-methyl/N-ethyl adjacent to an activating group) is 1. The molecule has 3 N–H and O–H groups in total. The maximum atomic E-state index is 5.74. The Morgan fingerprint density at radius 2 is 2.24 bits per heavy atom. The van der Waals surface area contributed by atoms with Gasteiger partial charge in [0.25, 0.3) is 0 Å². The van der Waals surface area contributed by atoms with Crippen molar-refractivity contribution in [1.29, 1.82) is 0 Å². The number of hydrogen-bond donors (Lipinski definition) is 2. The summed E-state index contributed by atoms with van der Waals surface area (Å²) in [5.41, 5.74) is 4.51. The van der Waals surface area contributed by atoms with Gasteiger partial charge in [0.2, 0.25) is 0 Å². The van der Waals surface area contributed by atoms with Gasteiger partial charge < -0.3 is 4.90 Å². The van der Waals surface area contributed by atoms with Crippen molar-refractivity contribution in [1.82, 2.24) is 10.3 Å². The van der Waals surface area contributed by atoms with Gasteiger partial charge in [-0.1, -0.05) is 6.92 Å². The van der Waals surface area contributed by atoms with E-state index in [1.54, 1.807) is 11.3 Å². The number of nitrogens with one attached hydrogen (secondary N) is 1. The maximum absolute atomic E-state index is 5.74. The summed E-state index contributed by atoms with van der Waals surface area (Å²) >= 11 is 1.76. The van der Waals surface area contributed by atoms with Crippen molar-refractivity contribution in [2.24, 2.45) is 5.84 Å². The normalized spacial score (nSPS) is 17.1. The number of nitrogens with two attached hydrogens (primary N) is 1. The molecule has 0 radical (unpaired) electrons. The Labute approximate surface area is 109 Å². The lowest BCUT2D eigenvalue weighted by molar-refractivity contribution is 0.108. The SMILES string of the molecule is CCC(C)(C(CCc1ccsc1)NN)N(C)C. The molecule has 2 atom stereocenters. The largest absolute Gasteiger partial charge is 0.302 e. The second-order valence-corrected chi connectivity index (χ2v) is 5.77. The quantitative estimate of drug-likeness (QED) is 0.580. The van der Waals surface area contributed by atoms with Crippen LogP contribution in [0.2, 0.25) is 0 Å². The monoisotopic (exact) mass is 255 g/mol. The molecule has 4 heteroatoms. The third-order valence-corrected chi connectivity index (χ3v) is 4.72. The molecular weight excluding hydrogens is 230 g/mol. The van der Waals surface area contributed by atoms with Crippen molar-refractivity contribution in [3.8, 4) is 0 Å². The molecule has 1 aromatic heterocycles. The fourth-order valence-electron chi connectivity index (χ4n) is 2.19. The highest BCUT2D eigenvalue weighted by molar-refractivity contribution is 7.07. The van der Waals surface area contributed by atoms with Crippen LogP contribution >= 0.6 is 11.3 Å². The lowest BCUT2D eigenvalue weighted by atomic mass is 9.85. The van der Waals surface area contributed by atoms with Gasteiger partial charge in [-0.15, -0.1) is 0 Å². The van der Waals surface area contributed by atoms with Crippen LogP contribution in [-0.2, 0) is 6.42 Å². The molecule has 1 aromatic rings. The van der Waals surface area contributed by atoms with E-state index in [1.165, 1.54) is 5.56 Å². The molecule has 0 spiro atoms. The fraction of sp³-hybridized carbons (Fsp3) is 0.692. The first-order valence-corrected chi connectivity index (χ1v) is 7.13. The molecular formula is C13H25N3S. The average Bonchev–Trinajstić information content (AvgIpc) is 2.82. The van der Waals surface area contributed by atoms with Crippen LogP contribution in [0.25, 0.3) is 0 Å². The fourth-order valence-corrected chi connectivity index (χ4v) is 2.90. The minimum Gasteiger partial charge on any atom is -0.302 e. The molecule has 3 nitrogen and oxygen atoms in total. The molecule has 1 rings (SSSR count). The van der Waals surface area contributed by atoms with E-state index in [2.05, 4.69) is 55.1 Å². The van der Waals surface area contributed by atoms with Gasteiger partial charge in [0, 0.05) is 11.6 Å². The standard InChI is InChI=1S/C13H25N3S/c1-5-13(2,16(3)4)12(15-14)7-6-11-8-9-17-10-11/h8-10,12,15H,5-7,14H2,1-4H3. The highest BCUT2D eigenvalue weighted by atomic mass is 32.1. The van der Waals surface area contributed by atoms with Gasteiger partial charge >= 0.3 is 0 Å². The van der Waals surface area contributed by atoms with Crippen molar-refractivity contribution in [3.05, 3.63) is 22.4 Å². The van der Waals surface area contributed by atoms with Crippen molar-refractivity contribution in [3.63, 3.8) is 0 Å². The molecule has 0 saturated carbocycles. The van der Waals surface area contributed by atoms with Gasteiger partial charge in [-0.25, -0.2) is 0 Å². The van der Waals surface area contributed by atoms with E-state index < -0.39 is 0 Å². The Bertz CT molecular complexity index is 310. The first-order chi connectivity index (χ1) is 8.04. The van der Waals surface area contributed by atoms with Gasteiger partial charge in [0.15, 0.2) is 0 Å². The topological polar surface area (TPSA) is 41.3 Å². The first kappa shape index (κ1) is 14.6. The molecule has 0 aliphatic rings. The van der Waals surface area contributed by atoms with Crippen LogP contribution in [0.3, 0.4) is 0 Å². The minimum atomic E-state index is 0.102. The first-order valence-electron chi connectivity index (χ1n) is 6.19. The van der Waals surface area contributed by atoms with Gasteiger partial charge in [-0.05, 0) is 62.7 Å². The minimum absolute atomic E-state index is 0.102. The smallest absolute Gasteiger partial charge is 0.0394 e. The highest BCUT2D eigenvalue weighted by Crippen LogP contribution is 2.24. The summed E-state index contributed by atoms with van der Waals surface area (Å²) in [6.07, 6.45) is 3.23. The predicted molar refractivity (Wildman–Crippen MR) is 76.1 cm³/mol. The van der Waals surface area contributed by atoms with E-state index in [1.807, 2.05) is 0 Å². The Morgan fingerprint density at radius 1 is 1.53 bits per heavy atom. The van der Waals surface area contributed by atoms with E-state index in [0.29, 0.717) is 6.04 Å². The lowest BCUT2D eigenvalue weighted by Gasteiger charge is -2.42. The van der Waals surface area contributed by atoms with Crippen LogP contribution in [0.5, 0.6) is 0 Å². The zero-order valence-electron chi connectivity index (χ0n) is 11.4. The second kappa shape index (κ2) is 6.50. The van der Waals surface area contributed by atoms with Crippen LogP contribution < -0.4 is 11.3 Å². The van der Waals surface area contributed by atoms with E-state index in [9.17, 15) is 0 Å². The molecule has 2 unspecified atom stereocenters. The Kier molecular flexibility index (Phi) is 5.59. The summed E-state index contributed by atoms with van der Waals surface area (Å²) in [5, 5.41) is 4.34. The van der Waals surface area contributed by atoms with Crippen molar-refractivity contribution in [2.75, 3.05) is 14.1 Å². The van der Waals surface area contributed by atoms with E-state index in [0.717, 1.165) is 19.3 Å². The summed E-state index contributed by atoms with van der Waals surface area (Å²) in [7, 11) is 4.25. The van der Waals surface area contributed by atoms with Crippen molar-refractivity contribution < 1.29 is 0 Å². The Balaban J connectivity index is 2.63. The van der Waals surface area contributed by atoms with Gasteiger partial charge in [-0.2, -0.15) is 11.3 Å². The van der Waals surface area contributed by atoms with Crippen molar-refractivity contribution in [2.45, 2.75) is 44.7 Å². The van der Waals surface area contributed by atoms with Gasteiger partial charge in [0.05, 0.1) is 0 Å². The third-order valence-electron chi connectivity index (χ3n) is 3.99. The molecule has 1 heterocycles. The van der Waals surface area contributed by atoms with Crippen LogP contribution in [0.4, 0.5) is 0 Å². The van der Waals surface area contributed by atoms with Crippen LogP contribution in [-0.4, -0.2) is 30.6 Å². The lowest BCUT2D eigenvalue weighted by Crippen LogP contribution is -2.58. The van der Waals surface area contributed by atoms with E-state index in [-0.39, 0.29) is 5.54 Å². The molecule has 98 valence electrons. The van der Waals surface area contributed by atoms with E-state index in [4.69, 9.17) is 5.84 Å². The Hall–Kier alpha value is -0.420. The zero-order chi connectivity index (χ0) is 12.9. The highest BCUT2D eigenvalue weighted by Gasteiger charge is 2.33. The summed E-state index contributed by atoms with van der Waals surface area (Å²) in [4.78, 5) is 2.27. The number of hydrogen-bond acceptors (Lipinski definition) is 4. The average molecular weight is 255 g/mol. The molecule has 0 fully saturated rings. The Morgan fingerprint density at radius 3 is 2.65 bits per heavy atom. The molecule has 0 aliphatic heterocycles. The number of aryl methyl sites for hydroxylation is 1. The number of nitrogens with zero attached hydrogens (tertiary/aromatic N) is 1. The molecule has 0 saturated heterocycles. The summed E-state index contributed by atoms with van der Waals surface area (Å²) in [5.74, 6) is 5.74. The molecule has 17 heavy (non-hydrogen) atoms. The zero-order valence-corrected chi connectivity index (χ0v) is 12.2. The van der Waals surface area contributed by atoms with Crippen LogP contribution in [0, 0.1) is 0 Å². The molecule has 0 amide bonds.